The second kappa shape index (κ2) is 11.1. The van der Waals surface area contributed by atoms with E-state index in [1.807, 2.05) is 4.90 Å². The Labute approximate surface area is 211 Å². The quantitative estimate of drug-likeness (QED) is 0.560. The summed E-state index contributed by atoms with van der Waals surface area (Å²) in [6.07, 6.45) is 6.91. The fraction of sp³-hybridized carbons (Fsp3) is 0.652. The number of carbonyl (C=O) groups excluding carboxylic acids is 2. The zero-order chi connectivity index (χ0) is 24.3. The van der Waals surface area contributed by atoms with Crippen LogP contribution in [0.5, 0.6) is 0 Å². The summed E-state index contributed by atoms with van der Waals surface area (Å²) in [6.45, 7) is 5.42. The molecule has 3 aliphatic rings. The van der Waals surface area contributed by atoms with Crippen molar-refractivity contribution < 1.29 is 18.0 Å². The number of carbonyl (C=O) groups is 2. The lowest BCUT2D eigenvalue weighted by Gasteiger charge is -2.35. The van der Waals surface area contributed by atoms with Crippen molar-refractivity contribution in [2.45, 2.75) is 63.6 Å². The second-order valence-corrected chi connectivity index (χ2v) is 12.8. The van der Waals surface area contributed by atoms with Gasteiger partial charge in [0.2, 0.25) is 21.8 Å². The maximum Gasteiger partial charge on any atom is 0.242 e. The first-order chi connectivity index (χ1) is 16.2. The van der Waals surface area contributed by atoms with Crippen molar-refractivity contribution in [3.63, 3.8) is 0 Å². The number of nitrogens with zero attached hydrogens (tertiary/aromatic N) is 3. The molecule has 0 bridgehead atoms. The highest BCUT2D eigenvalue weighted by Crippen LogP contribution is 2.25. The first-order valence-corrected chi connectivity index (χ1v) is 14.7. The molecule has 0 aromatic carbocycles. The topological polar surface area (TPSA) is 90.0 Å². The highest BCUT2D eigenvalue weighted by Gasteiger charge is 2.36. The van der Waals surface area contributed by atoms with Crippen LogP contribution in [0.2, 0.25) is 4.34 Å². The molecule has 0 aliphatic carbocycles. The van der Waals surface area contributed by atoms with Gasteiger partial charge in [-0.05, 0) is 70.2 Å². The van der Waals surface area contributed by atoms with E-state index >= 15 is 0 Å². The van der Waals surface area contributed by atoms with Crippen molar-refractivity contribution in [3.05, 3.63) is 26.8 Å². The first kappa shape index (κ1) is 25.6. The van der Waals surface area contributed by atoms with Gasteiger partial charge < -0.3 is 9.80 Å². The van der Waals surface area contributed by atoms with Gasteiger partial charge in [0.05, 0.1) is 10.9 Å². The summed E-state index contributed by atoms with van der Waals surface area (Å²) in [5, 5.41) is 1.06. The van der Waals surface area contributed by atoms with Gasteiger partial charge in [0.25, 0.3) is 0 Å². The minimum absolute atomic E-state index is 0.00660. The number of piperidine rings is 1. The summed E-state index contributed by atoms with van der Waals surface area (Å²) >= 11 is 7.15. The molecule has 11 heteroatoms. The van der Waals surface area contributed by atoms with Gasteiger partial charge in [0.1, 0.15) is 6.04 Å². The number of thiophene rings is 1. The lowest BCUT2D eigenvalue weighted by atomic mass is 10.1. The minimum atomic E-state index is -3.81. The maximum atomic E-state index is 13.1. The van der Waals surface area contributed by atoms with Gasteiger partial charge >= 0.3 is 0 Å². The van der Waals surface area contributed by atoms with Gasteiger partial charge in [-0.25, -0.2) is 8.42 Å². The molecule has 4 rings (SSSR count). The van der Waals surface area contributed by atoms with Crippen LogP contribution in [0.25, 0.3) is 6.08 Å². The van der Waals surface area contributed by atoms with Crippen LogP contribution < -0.4 is 4.72 Å². The van der Waals surface area contributed by atoms with Gasteiger partial charge in [-0.2, -0.15) is 4.72 Å². The standard InChI is InChI=1S/C23H33ClN4O4S2/c1-17-5-2-11-26(17)15-18-6-3-13-28(18)22(29)16-27-12-4-7-20(23(27)30)25-34(31,32)14-10-19-8-9-21(24)33-19/h8-10,14,17-18,20,25H,2-7,11-13,15-16H2,1H3/b14-10+/t17?,18-,20-/m0/s1. The zero-order valence-electron chi connectivity index (χ0n) is 19.5. The Balaban J connectivity index is 1.33. The predicted molar refractivity (Wildman–Crippen MR) is 135 cm³/mol. The molecule has 8 nitrogen and oxygen atoms in total. The van der Waals surface area contributed by atoms with Crippen LogP contribution in [0, 0.1) is 0 Å². The highest BCUT2D eigenvalue weighted by atomic mass is 35.5. The lowest BCUT2D eigenvalue weighted by molar-refractivity contribution is -0.143. The Morgan fingerprint density at radius 1 is 1.18 bits per heavy atom. The van der Waals surface area contributed by atoms with Crippen molar-refractivity contribution >= 4 is 50.9 Å². The van der Waals surface area contributed by atoms with E-state index in [1.54, 1.807) is 12.1 Å². The van der Waals surface area contributed by atoms with E-state index in [2.05, 4.69) is 16.5 Å². The normalized spacial score (nSPS) is 26.8. The van der Waals surface area contributed by atoms with Crippen LogP contribution in [0.3, 0.4) is 0 Å². The van der Waals surface area contributed by atoms with Crippen molar-refractivity contribution in [3.8, 4) is 0 Å². The highest BCUT2D eigenvalue weighted by molar-refractivity contribution is 7.92. The summed E-state index contributed by atoms with van der Waals surface area (Å²) in [4.78, 5) is 32.8. The Bertz CT molecular complexity index is 1030. The number of halogens is 1. The molecule has 0 radical (unpaired) electrons. The third-order valence-corrected chi connectivity index (χ3v) is 9.31. The first-order valence-electron chi connectivity index (χ1n) is 12.0. The Morgan fingerprint density at radius 2 is 1.94 bits per heavy atom. The van der Waals surface area contributed by atoms with Crippen LogP contribution in [0.4, 0.5) is 0 Å². The van der Waals surface area contributed by atoms with Gasteiger partial charge in [-0.3, -0.25) is 14.5 Å². The third kappa shape index (κ3) is 6.40. The molecule has 34 heavy (non-hydrogen) atoms. The number of rotatable bonds is 8. The SMILES string of the molecule is CC1CCCN1C[C@@H]1CCCN1C(=O)CN1CCC[C@H](NS(=O)(=O)/C=C/c2ccc(Cl)s2)C1=O. The molecule has 1 aromatic rings. The molecular weight excluding hydrogens is 496 g/mol. The van der Waals surface area contributed by atoms with Crippen LogP contribution in [-0.4, -0.2) is 85.8 Å². The van der Waals surface area contributed by atoms with Gasteiger partial charge in [-0.15, -0.1) is 11.3 Å². The van der Waals surface area contributed by atoms with E-state index in [4.69, 9.17) is 11.6 Å². The Kier molecular flexibility index (Phi) is 8.35. The van der Waals surface area contributed by atoms with E-state index in [0.29, 0.717) is 34.6 Å². The fourth-order valence-corrected chi connectivity index (χ4v) is 7.23. The summed E-state index contributed by atoms with van der Waals surface area (Å²) in [5.74, 6) is -0.375. The number of amides is 2. The number of likely N-dealkylation sites (tertiary alicyclic amines) is 3. The van der Waals surface area contributed by atoms with Crippen LogP contribution in [0.1, 0.15) is 50.3 Å². The summed E-state index contributed by atoms with van der Waals surface area (Å²) < 4.78 is 28.1. The molecule has 0 spiro atoms. The van der Waals surface area contributed by atoms with E-state index < -0.39 is 16.1 Å². The van der Waals surface area contributed by atoms with Gasteiger partial charge in [0, 0.05) is 42.0 Å². The molecule has 2 amide bonds. The molecule has 3 atom stereocenters. The van der Waals surface area contributed by atoms with E-state index in [1.165, 1.54) is 35.2 Å². The summed E-state index contributed by atoms with van der Waals surface area (Å²) in [6, 6.07) is 3.32. The van der Waals surface area contributed by atoms with Gasteiger partial charge in [-0.1, -0.05) is 11.6 Å². The lowest BCUT2D eigenvalue weighted by Crippen LogP contribution is -2.55. The van der Waals surface area contributed by atoms with Crippen LogP contribution in [0.15, 0.2) is 17.5 Å². The van der Waals surface area contributed by atoms with Crippen molar-refractivity contribution in [1.29, 1.82) is 0 Å². The Hall–Kier alpha value is -1.46. The zero-order valence-corrected chi connectivity index (χ0v) is 21.9. The van der Waals surface area contributed by atoms with Crippen molar-refractivity contribution in [2.24, 2.45) is 0 Å². The Morgan fingerprint density at radius 3 is 2.65 bits per heavy atom. The third-order valence-electron chi connectivity index (χ3n) is 7.00. The van der Waals surface area contributed by atoms with Crippen LogP contribution >= 0.6 is 22.9 Å². The molecule has 3 aliphatic heterocycles. The molecule has 1 N–H and O–H groups in total. The molecule has 188 valence electrons. The monoisotopic (exact) mass is 528 g/mol. The van der Waals surface area contributed by atoms with Gasteiger partial charge in [0.15, 0.2) is 0 Å². The number of nitrogens with one attached hydrogen (secondary N) is 1. The largest absolute Gasteiger partial charge is 0.337 e. The number of hydrogen-bond acceptors (Lipinski definition) is 6. The average Bonchev–Trinajstić information content (AvgIpc) is 3.52. The molecule has 0 saturated carbocycles. The van der Waals surface area contributed by atoms with E-state index in [-0.39, 0.29) is 24.4 Å². The smallest absolute Gasteiger partial charge is 0.242 e. The predicted octanol–water partition coefficient (Wildman–Crippen LogP) is 2.76. The van der Waals surface area contributed by atoms with E-state index in [0.717, 1.165) is 37.9 Å². The number of hydrogen-bond donors (Lipinski definition) is 1. The number of sulfonamides is 1. The molecular formula is C23H33ClN4O4S2. The molecule has 3 saturated heterocycles. The summed E-state index contributed by atoms with van der Waals surface area (Å²) in [5.41, 5.74) is 0. The molecule has 4 heterocycles. The second-order valence-electron chi connectivity index (χ2n) is 9.43. The molecule has 3 fully saturated rings. The average molecular weight is 529 g/mol. The fourth-order valence-electron chi connectivity index (χ4n) is 5.16. The maximum absolute atomic E-state index is 13.1. The molecule has 1 unspecified atom stereocenters. The van der Waals surface area contributed by atoms with Crippen LogP contribution in [-0.2, 0) is 19.6 Å². The van der Waals surface area contributed by atoms with Crippen molar-refractivity contribution in [1.82, 2.24) is 19.4 Å². The van der Waals surface area contributed by atoms with E-state index in [9.17, 15) is 18.0 Å². The van der Waals surface area contributed by atoms with Crippen molar-refractivity contribution in [2.75, 3.05) is 32.7 Å². The summed E-state index contributed by atoms with van der Waals surface area (Å²) in [7, 11) is -3.81. The molecule has 1 aromatic heterocycles. The minimum Gasteiger partial charge on any atom is -0.337 e.